The molecule has 11 heteroatoms. The predicted molar refractivity (Wildman–Crippen MR) is 147 cm³/mol. The van der Waals surface area contributed by atoms with Crippen molar-refractivity contribution in [2.24, 2.45) is 7.05 Å². The Hall–Kier alpha value is -4.31. The second-order valence-corrected chi connectivity index (χ2v) is 9.96. The molecule has 204 valence electrons. The van der Waals surface area contributed by atoms with Gasteiger partial charge in [-0.05, 0) is 55.5 Å². The lowest BCUT2D eigenvalue weighted by Crippen LogP contribution is -2.25. The molecule has 1 saturated carbocycles. The first kappa shape index (κ1) is 27.3. The average molecular weight is 565 g/mol. The van der Waals surface area contributed by atoms with Gasteiger partial charge in [-0.3, -0.25) is 19.3 Å². The van der Waals surface area contributed by atoms with Crippen LogP contribution in [-0.2, 0) is 7.05 Å². The van der Waals surface area contributed by atoms with Crippen molar-refractivity contribution in [3.63, 3.8) is 0 Å². The van der Waals surface area contributed by atoms with Gasteiger partial charge < -0.3 is 0 Å². The largest absolute Gasteiger partial charge is 0.277 e. The zero-order chi connectivity index (χ0) is 28.9. The normalized spacial score (nSPS) is 17.0. The fraction of sp³-hybridized carbons (Fsp3) is 0.207. The van der Waals surface area contributed by atoms with E-state index in [1.54, 1.807) is 27.0 Å². The van der Waals surface area contributed by atoms with Gasteiger partial charge in [-0.1, -0.05) is 30.8 Å². The number of hydrogen-bond donors (Lipinski definition) is 0. The monoisotopic (exact) mass is 564 g/mol. The Kier molecular flexibility index (Phi) is 7.05. The molecule has 4 aromatic rings. The van der Waals surface area contributed by atoms with Crippen molar-refractivity contribution in [3.05, 3.63) is 123 Å². The summed E-state index contributed by atoms with van der Waals surface area (Å²) in [6.45, 7) is 10.6. The van der Waals surface area contributed by atoms with Gasteiger partial charge in [0.15, 0.2) is 11.6 Å². The summed E-state index contributed by atoms with van der Waals surface area (Å²) in [5.74, 6) is -2.53. The van der Waals surface area contributed by atoms with Gasteiger partial charge in [-0.25, -0.2) is 22.8 Å². The van der Waals surface area contributed by atoms with Crippen LogP contribution in [0.25, 0.3) is 16.8 Å². The molecule has 0 saturated heterocycles. The number of allylic oxidation sites excluding steroid dienone is 4. The van der Waals surface area contributed by atoms with Crippen molar-refractivity contribution in [3.8, 4) is 5.69 Å². The van der Waals surface area contributed by atoms with Gasteiger partial charge in [0.05, 0.1) is 11.4 Å². The summed E-state index contributed by atoms with van der Waals surface area (Å²) in [5, 5.41) is 3.80. The highest BCUT2D eigenvalue weighted by Gasteiger charge is 2.44. The molecule has 1 fully saturated rings. The fourth-order valence-corrected chi connectivity index (χ4v) is 5.22. The zero-order valence-corrected chi connectivity index (χ0v) is 22.7. The van der Waals surface area contributed by atoms with Crippen LogP contribution in [0.15, 0.2) is 66.8 Å². The maximum atomic E-state index is 16.2. The second-order valence-electron chi connectivity index (χ2n) is 9.58. The van der Waals surface area contributed by atoms with Crippen LogP contribution in [-0.4, -0.2) is 29.3 Å². The Bertz CT molecular complexity index is 1790. The van der Waals surface area contributed by atoms with Crippen molar-refractivity contribution >= 4 is 22.7 Å². The molecule has 40 heavy (non-hydrogen) atoms. The number of aromatic nitrogens is 6. The van der Waals surface area contributed by atoms with Crippen LogP contribution >= 0.6 is 11.6 Å². The third-order valence-corrected chi connectivity index (χ3v) is 7.41. The molecule has 4 heterocycles. The molecule has 0 bridgehead atoms. The van der Waals surface area contributed by atoms with Crippen LogP contribution in [0.3, 0.4) is 0 Å². The van der Waals surface area contributed by atoms with E-state index < -0.39 is 23.0 Å². The van der Waals surface area contributed by atoms with Gasteiger partial charge in [0, 0.05) is 42.2 Å². The maximum absolute atomic E-state index is 16.2. The first-order valence-electron chi connectivity index (χ1n) is 12.3. The summed E-state index contributed by atoms with van der Waals surface area (Å²) >= 11 is 6.55. The van der Waals surface area contributed by atoms with Crippen molar-refractivity contribution in [2.45, 2.75) is 32.1 Å². The Labute approximate surface area is 233 Å². The summed E-state index contributed by atoms with van der Waals surface area (Å²) < 4.78 is 48.5. The lowest BCUT2D eigenvalue weighted by molar-refractivity contribution is 0.597. The van der Waals surface area contributed by atoms with Gasteiger partial charge in [0.25, 0.3) is 5.56 Å². The number of rotatable bonds is 7. The summed E-state index contributed by atoms with van der Waals surface area (Å²) in [5.41, 5.74) is 0.0307. The second kappa shape index (κ2) is 10.3. The van der Waals surface area contributed by atoms with E-state index >= 15 is 8.78 Å². The predicted octanol–water partition coefficient (Wildman–Crippen LogP) is 6.16. The summed E-state index contributed by atoms with van der Waals surface area (Å²) in [6, 6.07) is 4.54. The molecule has 1 aliphatic carbocycles. The highest BCUT2D eigenvalue weighted by atomic mass is 35.5. The fourth-order valence-electron chi connectivity index (χ4n) is 4.94. The maximum Gasteiger partial charge on any atom is 0.274 e. The van der Waals surface area contributed by atoms with Crippen LogP contribution in [0.4, 0.5) is 13.2 Å². The highest BCUT2D eigenvalue weighted by Crippen LogP contribution is 2.55. The number of hydrogen-bond acceptors (Lipinski definition) is 5. The van der Waals surface area contributed by atoms with E-state index in [-0.39, 0.29) is 45.2 Å². The van der Waals surface area contributed by atoms with Gasteiger partial charge in [-0.15, -0.1) is 0 Å². The molecule has 2 atom stereocenters. The standard InChI is InChI=1S/C29H24ClF3N6O/c1-6-17(23(32)16(4)28-36-13-37-38(28)5)26-24(33)27(14(2)12-35-26)39-15(3)10-19(22(30)29(39)40)18-11-20(18)25-21(31)8-7-9-34-25/h6-10,12-13,18,20H,1,4,11H2,2-3,5H3/b23-17-/t18-,20+/m1/s1. The van der Waals surface area contributed by atoms with E-state index in [1.165, 1.54) is 35.5 Å². The summed E-state index contributed by atoms with van der Waals surface area (Å²) in [4.78, 5) is 25.8. The lowest BCUT2D eigenvalue weighted by atomic mass is 10.0. The van der Waals surface area contributed by atoms with Crippen molar-refractivity contribution in [1.82, 2.24) is 29.3 Å². The Morgan fingerprint density at radius 2 is 1.95 bits per heavy atom. The van der Waals surface area contributed by atoms with Gasteiger partial charge in [0.1, 0.15) is 28.7 Å². The van der Waals surface area contributed by atoms with Crippen molar-refractivity contribution in [2.75, 3.05) is 0 Å². The first-order valence-corrected chi connectivity index (χ1v) is 12.7. The molecule has 7 nitrogen and oxygen atoms in total. The molecule has 0 radical (unpaired) electrons. The van der Waals surface area contributed by atoms with Crippen LogP contribution < -0.4 is 5.56 Å². The summed E-state index contributed by atoms with van der Waals surface area (Å²) in [7, 11) is 1.57. The van der Waals surface area contributed by atoms with Crippen molar-refractivity contribution < 1.29 is 13.2 Å². The zero-order valence-electron chi connectivity index (χ0n) is 21.9. The van der Waals surface area contributed by atoms with Gasteiger partial charge in [0.2, 0.25) is 0 Å². The molecule has 0 aromatic carbocycles. The minimum Gasteiger partial charge on any atom is -0.277 e. The Balaban J connectivity index is 1.60. The quantitative estimate of drug-likeness (QED) is 0.251. The highest BCUT2D eigenvalue weighted by molar-refractivity contribution is 6.31. The van der Waals surface area contributed by atoms with E-state index in [0.29, 0.717) is 28.9 Å². The van der Waals surface area contributed by atoms with Gasteiger partial charge >= 0.3 is 0 Å². The van der Waals surface area contributed by atoms with E-state index in [9.17, 15) is 9.18 Å². The van der Waals surface area contributed by atoms with Gasteiger partial charge in [-0.2, -0.15) is 5.10 Å². The number of pyridine rings is 3. The van der Waals surface area contributed by atoms with Crippen molar-refractivity contribution in [1.29, 1.82) is 0 Å². The van der Waals surface area contributed by atoms with E-state index in [1.807, 2.05) is 0 Å². The van der Waals surface area contributed by atoms with Crippen LogP contribution in [0.1, 0.15) is 52.3 Å². The third-order valence-electron chi connectivity index (χ3n) is 7.03. The summed E-state index contributed by atoms with van der Waals surface area (Å²) in [6.07, 6.45) is 5.79. The number of aryl methyl sites for hydroxylation is 3. The molecule has 5 rings (SSSR count). The van der Waals surface area contributed by atoms with Crippen LogP contribution in [0.2, 0.25) is 5.02 Å². The minimum absolute atomic E-state index is 0.104. The minimum atomic E-state index is -0.940. The third kappa shape index (κ3) is 4.48. The lowest BCUT2D eigenvalue weighted by Gasteiger charge is -2.18. The molecule has 0 amide bonds. The molecule has 0 N–H and O–H groups in total. The number of halogens is 4. The number of nitrogens with zero attached hydrogens (tertiary/aromatic N) is 6. The van der Waals surface area contributed by atoms with Crippen LogP contribution in [0, 0.1) is 25.5 Å². The first-order chi connectivity index (χ1) is 19.1. The molecule has 0 unspecified atom stereocenters. The van der Waals surface area contributed by atoms with Crippen LogP contribution in [0.5, 0.6) is 0 Å². The average Bonchev–Trinajstić information content (AvgIpc) is 3.60. The molecular weight excluding hydrogens is 541 g/mol. The molecule has 4 aromatic heterocycles. The molecule has 0 aliphatic heterocycles. The molecule has 0 spiro atoms. The van der Waals surface area contributed by atoms with E-state index in [4.69, 9.17) is 11.6 Å². The molecular formula is C29H24ClF3N6O. The van der Waals surface area contributed by atoms with E-state index in [2.05, 4.69) is 33.2 Å². The SMILES string of the molecule is C=C/C(=C(/F)C(=C)c1ncnn1C)c1ncc(C)c(-n2c(C)cc([C@H]3C[C@@H]3c3ncccc3F)c(Cl)c2=O)c1F. The molecule has 1 aliphatic rings. The topological polar surface area (TPSA) is 78.5 Å². The Morgan fingerprint density at radius 1 is 1.20 bits per heavy atom. The van der Waals surface area contributed by atoms with E-state index in [0.717, 1.165) is 10.6 Å². The Morgan fingerprint density at radius 3 is 2.60 bits per heavy atom. The smallest absolute Gasteiger partial charge is 0.274 e.